The number of likely N-dealkylation sites (tertiary alicyclic amines) is 1. The Labute approximate surface area is 225 Å². The zero-order valence-electron chi connectivity index (χ0n) is 22.6. The van der Waals surface area contributed by atoms with Crippen molar-refractivity contribution < 1.29 is 4.79 Å². The van der Waals surface area contributed by atoms with Gasteiger partial charge < -0.3 is 25.0 Å². The number of aromatic nitrogens is 2. The van der Waals surface area contributed by atoms with Crippen molar-refractivity contribution in [2.75, 3.05) is 42.9 Å². The third-order valence-corrected chi connectivity index (χ3v) is 9.06. The van der Waals surface area contributed by atoms with Crippen LogP contribution in [0, 0.1) is 6.92 Å². The molecule has 1 spiro atoms. The summed E-state index contributed by atoms with van der Waals surface area (Å²) in [4.78, 5) is 31.5. The first-order valence-corrected chi connectivity index (χ1v) is 14.3. The lowest BCUT2D eigenvalue weighted by atomic mass is 9.94. The molecule has 4 aliphatic rings. The average molecular weight is 517 g/mol. The lowest BCUT2D eigenvalue weighted by molar-refractivity contribution is 0.0874. The molecule has 2 N–H and O–H groups in total. The van der Waals surface area contributed by atoms with E-state index < -0.39 is 0 Å². The summed E-state index contributed by atoms with van der Waals surface area (Å²) in [5.41, 5.74) is 2.69. The molecule has 0 unspecified atom stereocenters. The number of pyridine rings is 1. The molecule has 3 fully saturated rings. The van der Waals surface area contributed by atoms with Crippen LogP contribution in [-0.4, -0.2) is 71.8 Å². The Hall–Kier alpha value is -3.20. The predicted octanol–water partition coefficient (Wildman–Crippen LogP) is 4.46. The highest BCUT2D eigenvalue weighted by Gasteiger charge is 2.43. The number of piperidine rings is 2. The van der Waals surface area contributed by atoms with Gasteiger partial charge in [-0.1, -0.05) is 19.3 Å². The first-order chi connectivity index (χ1) is 18.6. The number of carbonyl (C=O) groups excluding carboxylic acids is 1. The lowest BCUT2D eigenvalue weighted by Crippen LogP contribution is -2.49. The number of aryl methyl sites for hydroxylation is 1. The van der Waals surface area contributed by atoms with Gasteiger partial charge in [-0.15, -0.1) is 0 Å². The molecule has 2 aromatic rings. The number of anilines is 2. The van der Waals surface area contributed by atoms with Crippen LogP contribution in [0.3, 0.4) is 0 Å². The van der Waals surface area contributed by atoms with Crippen molar-refractivity contribution in [1.29, 1.82) is 0 Å². The van der Waals surface area contributed by atoms with Crippen molar-refractivity contribution in [3.8, 4) is 0 Å². The fourth-order valence-electron chi connectivity index (χ4n) is 7.00. The Kier molecular flexibility index (Phi) is 6.95. The van der Waals surface area contributed by atoms with Crippen LogP contribution in [0.15, 0.2) is 34.4 Å². The van der Waals surface area contributed by atoms with Crippen LogP contribution in [0.25, 0.3) is 0 Å². The van der Waals surface area contributed by atoms with Gasteiger partial charge >= 0.3 is 0 Å². The number of fused-ring (bicyclic) bond motifs is 2. The summed E-state index contributed by atoms with van der Waals surface area (Å²) in [5, 5.41) is 6.34. The molecule has 0 aromatic carbocycles. The van der Waals surface area contributed by atoms with E-state index in [1.165, 1.54) is 45.2 Å². The SMILES string of the molecule is C=N/C(=N\c1c(C)cc2n1C1(CCCC1)CNC2=O)Nc1ccc(N2CCC(N3CCCCC3)CC2)cn1. The maximum absolute atomic E-state index is 12.7. The summed E-state index contributed by atoms with van der Waals surface area (Å²) >= 11 is 0. The standard InChI is InChI=1S/C29H40N8O/c1-21-18-24-27(38)32-20-29(12-4-5-13-29)37(24)26(21)34-28(30-2)33-25-9-8-23(19-31-25)36-16-10-22(11-17-36)35-14-6-3-7-15-35/h8-9,18-19,22H,2-7,10-17,20H2,1H3,(H,32,38)(H,31,33,34). The number of guanidine groups is 1. The maximum atomic E-state index is 12.7. The average Bonchev–Trinajstić information content (AvgIpc) is 3.57. The minimum Gasteiger partial charge on any atom is -0.370 e. The molecule has 1 aliphatic carbocycles. The summed E-state index contributed by atoms with van der Waals surface area (Å²) in [6, 6.07) is 6.78. The molecule has 1 saturated carbocycles. The first-order valence-electron chi connectivity index (χ1n) is 14.3. The number of carbonyl (C=O) groups is 1. The second-order valence-electron chi connectivity index (χ2n) is 11.4. The van der Waals surface area contributed by atoms with Gasteiger partial charge in [0.2, 0.25) is 5.96 Å². The van der Waals surface area contributed by atoms with Crippen molar-refractivity contribution in [2.45, 2.75) is 76.3 Å². The van der Waals surface area contributed by atoms with E-state index in [0.29, 0.717) is 24.0 Å². The molecule has 0 atom stereocenters. The van der Waals surface area contributed by atoms with Gasteiger partial charge in [-0.05, 0) is 89.0 Å². The number of amides is 1. The second-order valence-corrected chi connectivity index (χ2v) is 11.4. The van der Waals surface area contributed by atoms with Crippen molar-refractivity contribution in [1.82, 2.24) is 19.8 Å². The molecule has 0 bridgehead atoms. The van der Waals surface area contributed by atoms with Crippen LogP contribution in [-0.2, 0) is 5.54 Å². The van der Waals surface area contributed by atoms with E-state index in [2.05, 4.69) is 47.8 Å². The summed E-state index contributed by atoms with van der Waals surface area (Å²) < 4.78 is 2.16. The maximum Gasteiger partial charge on any atom is 0.268 e. The zero-order chi connectivity index (χ0) is 26.1. The molecule has 2 saturated heterocycles. The van der Waals surface area contributed by atoms with E-state index in [0.717, 1.165) is 61.9 Å². The molecular weight excluding hydrogens is 476 g/mol. The van der Waals surface area contributed by atoms with Gasteiger partial charge in [0.15, 0.2) is 0 Å². The van der Waals surface area contributed by atoms with Crippen molar-refractivity contribution in [2.24, 2.45) is 9.98 Å². The highest BCUT2D eigenvalue weighted by molar-refractivity contribution is 5.99. The van der Waals surface area contributed by atoms with Gasteiger partial charge in [0.25, 0.3) is 5.91 Å². The molecule has 202 valence electrons. The Morgan fingerprint density at radius 3 is 2.55 bits per heavy atom. The van der Waals surface area contributed by atoms with E-state index in [9.17, 15) is 4.79 Å². The quantitative estimate of drug-likeness (QED) is 0.463. The monoisotopic (exact) mass is 516 g/mol. The largest absolute Gasteiger partial charge is 0.370 e. The third-order valence-electron chi connectivity index (χ3n) is 9.06. The minimum atomic E-state index is -0.107. The van der Waals surface area contributed by atoms with Gasteiger partial charge in [0, 0.05) is 25.7 Å². The van der Waals surface area contributed by atoms with E-state index in [1.54, 1.807) is 0 Å². The van der Waals surface area contributed by atoms with Crippen LogP contribution in [0.1, 0.15) is 73.8 Å². The van der Waals surface area contributed by atoms with E-state index in [-0.39, 0.29) is 11.4 Å². The van der Waals surface area contributed by atoms with Gasteiger partial charge in [-0.2, -0.15) is 4.99 Å². The molecule has 1 amide bonds. The molecule has 6 rings (SSSR count). The third kappa shape index (κ3) is 4.72. The van der Waals surface area contributed by atoms with Gasteiger partial charge in [-0.3, -0.25) is 4.79 Å². The summed E-state index contributed by atoms with van der Waals surface area (Å²) in [6.07, 6.45) is 12.9. The highest BCUT2D eigenvalue weighted by atomic mass is 16.2. The highest BCUT2D eigenvalue weighted by Crippen LogP contribution is 2.43. The fraction of sp³-hybridized carbons (Fsp3) is 0.586. The topological polar surface area (TPSA) is 90.1 Å². The Morgan fingerprint density at radius 2 is 1.87 bits per heavy atom. The van der Waals surface area contributed by atoms with E-state index in [1.807, 2.05) is 25.3 Å². The zero-order valence-corrected chi connectivity index (χ0v) is 22.6. The molecule has 2 aromatic heterocycles. The molecular formula is C29H40N8O. The lowest BCUT2D eigenvalue weighted by Gasteiger charge is -2.40. The Morgan fingerprint density at radius 1 is 1.11 bits per heavy atom. The predicted molar refractivity (Wildman–Crippen MR) is 153 cm³/mol. The molecule has 9 nitrogen and oxygen atoms in total. The number of hydrogen-bond acceptors (Lipinski definition) is 5. The number of rotatable bonds is 4. The van der Waals surface area contributed by atoms with Crippen LogP contribution < -0.4 is 15.5 Å². The molecule has 5 heterocycles. The van der Waals surface area contributed by atoms with Crippen LogP contribution >= 0.6 is 0 Å². The normalized spacial score (nSPS) is 22.4. The molecule has 0 radical (unpaired) electrons. The van der Waals surface area contributed by atoms with E-state index in [4.69, 9.17) is 4.99 Å². The van der Waals surface area contributed by atoms with Crippen LogP contribution in [0.4, 0.5) is 17.3 Å². The number of aliphatic imine (C=N–C) groups is 2. The smallest absolute Gasteiger partial charge is 0.268 e. The Bertz CT molecular complexity index is 1200. The summed E-state index contributed by atoms with van der Waals surface area (Å²) in [7, 11) is 0. The van der Waals surface area contributed by atoms with Crippen molar-refractivity contribution in [3.05, 3.63) is 35.7 Å². The van der Waals surface area contributed by atoms with Gasteiger partial charge in [-0.25, -0.2) is 9.98 Å². The molecule has 38 heavy (non-hydrogen) atoms. The van der Waals surface area contributed by atoms with Crippen LogP contribution in [0.5, 0.6) is 0 Å². The van der Waals surface area contributed by atoms with Crippen molar-refractivity contribution in [3.63, 3.8) is 0 Å². The number of nitrogens with one attached hydrogen (secondary N) is 2. The Balaban J connectivity index is 1.15. The van der Waals surface area contributed by atoms with E-state index >= 15 is 0 Å². The number of nitrogens with zero attached hydrogens (tertiary/aromatic N) is 6. The van der Waals surface area contributed by atoms with Crippen molar-refractivity contribution >= 4 is 35.9 Å². The molecule has 9 heteroatoms. The first kappa shape index (κ1) is 25.1. The van der Waals surface area contributed by atoms with Crippen LogP contribution in [0.2, 0.25) is 0 Å². The van der Waals surface area contributed by atoms with Gasteiger partial charge in [0.05, 0.1) is 17.4 Å². The summed E-state index contributed by atoms with van der Waals surface area (Å²) in [5.74, 6) is 1.81. The number of hydrogen-bond donors (Lipinski definition) is 2. The molecule has 3 aliphatic heterocycles. The minimum absolute atomic E-state index is 0.0367. The summed E-state index contributed by atoms with van der Waals surface area (Å²) in [6.45, 7) is 11.1. The fourth-order valence-corrected chi connectivity index (χ4v) is 7.00. The van der Waals surface area contributed by atoms with Gasteiger partial charge in [0.1, 0.15) is 17.3 Å². The second kappa shape index (κ2) is 10.5.